The molecule has 0 radical (unpaired) electrons. The molecule has 0 aromatic heterocycles. The molecule has 3 nitrogen and oxygen atoms in total. The van der Waals surface area contributed by atoms with E-state index < -0.39 is 0 Å². The molecule has 0 spiro atoms. The van der Waals surface area contributed by atoms with Crippen molar-refractivity contribution >= 4 is 17.7 Å². The Hall–Kier alpha value is -1.94. The molecule has 0 fully saturated rings. The van der Waals surface area contributed by atoms with E-state index in [1.165, 1.54) is 5.56 Å². The monoisotopic (exact) mass is 315 g/mol. The molecule has 1 amide bonds. The van der Waals surface area contributed by atoms with Gasteiger partial charge in [0.15, 0.2) is 0 Å². The van der Waals surface area contributed by atoms with Gasteiger partial charge in [-0.2, -0.15) is 0 Å². The number of thioether (sulfide) groups is 1. The Morgan fingerprint density at radius 2 is 1.77 bits per heavy atom. The van der Waals surface area contributed by atoms with E-state index in [1.807, 2.05) is 36.4 Å². The Kier molecular flexibility index (Phi) is 6.34. The molecule has 2 aromatic carbocycles. The van der Waals surface area contributed by atoms with Gasteiger partial charge in [-0.1, -0.05) is 29.8 Å². The van der Waals surface area contributed by atoms with E-state index >= 15 is 0 Å². The van der Waals surface area contributed by atoms with Crippen LogP contribution in [0.5, 0.6) is 5.75 Å². The lowest BCUT2D eigenvalue weighted by Crippen LogP contribution is -2.22. The first-order chi connectivity index (χ1) is 10.7. The van der Waals surface area contributed by atoms with Crippen molar-refractivity contribution in [3.63, 3.8) is 0 Å². The number of amides is 1. The Balaban J connectivity index is 1.67. The van der Waals surface area contributed by atoms with Crippen LogP contribution in [0.15, 0.2) is 53.4 Å². The zero-order chi connectivity index (χ0) is 15.8. The number of hydrogen-bond donors (Lipinski definition) is 1. The first-order valence-electron chi connectivity index (χ1n) is 7.26. The number of carbonyl (C=O) groups is 1. The molecule has 0 aliphatic carbocycles. The molecule has 116 valence electrons. The average Bonchev–Trinajstić information content (AvgIpc) is 2.55. The number of ether oxygens (including phenoxy) is 1. The molecule has 0 heterocycles. The summed E-state index contributed by atoms with van der Waals surface area (Å²) in [5.41, 5.74) is 2.35. The van der Waals surface area contributed by atoms with Gasteiger partial charge in [0.2, 0.25) is 5.91 Å². The van der Waals surface area contributed by atoms with Crippen LogP contribution in [0.3, 0.4) is 0 Å². The van der Waals surface area contributed by atoms with E-state index in [4.69, 9.17) is 4.74 Å². The molecule has 1 N–H and O–H groups in total. The molecule has 0 atom stereocenters. The van der Waals surface area contributed by atoms with E-state index in [9.17, 15) is 4.79 Å². The molecule has 22 heavy (non-hydrogen) atoms. The van der Waals surface area contributed by atoms with E-state index in [0.717, 1.165) is 22.0 Å². The lowest BCUT2D eigenvalue weighted by atomic mass is 10.1. The third kappa shape index (κ3) is 5.45. The summed E-state index contributed by atoms with van der Waals surface area (Å²) in [7, 11) is 1.65. The smallest absolute Gasteiger partial charge is 0.221 e. The molecular formula is C18H21NO2S. The number of hydrogen-bond acceptors (Lipinski definition) is 3. The van der Waals surface area contributed by atoms with Crippen LogP contribution in [0.25, 0.3) is 0 Å². The Morgan fingerprint density at radius 3 is 2.41 bits per heavy atom. The first-order valence-corrected chi connectivity index (χ1v) is 8.25. The molecule has 0 aliphatic rings. The molecular weight excluding hydrogens is 294 g/mol. The largest absolute Gasteiger partial charge is 0.497 e. The van der Waals surface area contributed by atoms with Gasteiger partial charge in [-0.25, -0.2) is 0 Å². The van der Waals surface area contributed by atoms with Crippen molar-refractivity contribution in [1.82, 2.24) is 5.32 Å². The Morgan fingerprint density at radius 1 is 1.09 bits per heavy atom. The highest BCUT2D eigenvalue weighted by molar-refractivity contribution is 7.99. The van der Waals surface area contributed by atoms with Crippen LogP contribution in [-0.4, -0.2) is 18.8 Å². The second-order valence-electron chi connectivity index (χ2n) is 5.04. The highest BCUT2D eigenvalue weighted by Gasteiger charge is 2.02. The fourth-order valence-corrected chi connectivity index (χ4v) is 2.78. The summed E-state index contributed by atoms with van der Waals surface area (Å²) in [6, 6.07) is 16.1. The van der Waals surface area contributed by atoms with Gasteiger partial charge in [0.25, 0.3) is 0 Å². The number of methoxy groups -OCH3 is 1. The number of carbonyl (C=O) groups excluding carboxylic acids is 1. The van der Waals surface area contributed by atoms with Gasteiger partial charge in [-0.15, -0.1) is 11.8 Å². The summed E-state index contributed by atoms with van der Waals surface area (Å²) >= 11 is 1.68. The molecule has 2 aromatic rings. The van der Waals surface area contributed by atoms with Crippen LogP contribution in [0.4, 0.5) is 0 Å². The van der Waals surface area contributed by atoms with Crippen molar-refractivity contribution in [1.29, 1.82) is 0 Å². The minimum Gasteiger partial charge on any atom is -0.497 e. The summed E-state index contributed by atoms with van der Waals surface area (Å²) in [4.78, 5) is 13.0. The van der Waals surface area contributed by atoms with E-state index in [-0.39, 0.29) is 5.91 Å². The zero-order valence-corrected chi connectivity index (χ0v) is 13.8. The maximum Gasteiger partial charge on any atom is 0.221 e. The molecule has 4 heteroatoms. The van der Waals surface area contributed by atoms with Crippen molar-refractivity contribution in [3.05, 3.63) is 59.7 Å². The van der Waals surface area contributed by atoms with Crippen LogP contribution in [-0.2, 0) is 11.3 Å². The van der Waals surface area contributed by atoms with Gasteiger partial charge >= 0.3 is 0 Å². The highest BCUT2D eigenvalue weighted by Crippen LogP contribution is 2.21. The second-order valence-corrected chi connectivity index (χ2v) is 6.20. The molecule has 2 rings (SSSR count). The molecule has 0 saturated heterocycles. The summed E-state index contributed by atoms with van der Waals surface area (Å²) in [5.74, 6) is 1.70. The quantitative estimate of drug-likeness (QED) is 0.790. The van der Waals surface area contributed by atoms with Gasteiger partial charge in [-0.05, 0) is 36.8 Å². The lowest BCUT2D eigenvalue weighted by molar-refractivity contribution is -0.120. The maximum absolute atomic E-state index is 11.8. The van der Waals surface area contributed by atoms with Crippen molar-refractivity contribution in [2.45, 2.75) is 24.8 Å². The summed E-state index contributed by atoms with van der Waals surface area (Å²) in [5, 5.41) is 2.95. The topological polar surface area (TPSA) is 38.3 Å². The summed E-state index contributed by atoms with van der Waals surface area (Å²) < 4.78 is 5.12. The summed E-state index contributed by atoms with van der Waals surface area (Å²) in [6.07, 6.45) is 0.516. The standard InChI is InChI=1S/C18H21NO2S/c1-14-3-5-15(6-4-14)13-19-18(20)11-12-22-17-9-7-16(21-2)8-10-17/h3-10H,11-13H2,1-2H3,(H,19,20). The van der Waals surface area contributed by atoms with Gasteiger partial charge < -0.3 is 10.1 Å². The minimum atomic E-state index is 0.0848. The minimum absolute atomic E-state index is 0.0848. The van der Waals surface area contributed by atoms with E-state index in [0.29, 0.717) is 13.0 Å². The molecule has 0 bridgehead atoms. The van der Waals surface area contributed by atoms with Crippen LogP contribution < -0.4 is 10.1 Å². The van der Waals surface area contributed by atoms with Crippen molar-refractivity contribution in [2.75, 3.05) is 12.9 Å². The van der Waals surface area contributed by atoms with Crippen LogP contribution in [0, 0.1) is 6.92 Å². The van der Waals surface area contributed by atoms with Crippen LogP contribution in [0.2, 0.25) is 0 Å². The first kappa shape index (κ1) is 16.4. The van der Waals surface area contributed by atoms with Gasteiger partial charge in [0.05, 0.1) is 7.11 Å². The second kappa shape index (κ2) is 8.49. The van der Waals surface area contributed by atoms with Gasteiger partial charge in [0.1, 0.15) is 5.75 Å². The van der Waals surface area contributed by atoms with E-state index in [2.05, 4.69) is 24.4 Å². The predicted molar refractivity (Wildman–Crippen MR) is 91.4 cm³/mol. The molecule has 0 saturated carbocycles. The normalized spacial score (nSPS) is 10.3. The number of benzene rings is 2. The lowest BCUT2D eigenvalue weighted by Gasteiger charge is -2.06. The zero-order valence-electron chi connectivity index (χ0n) is 13.0. The summed E-state index contributed by atoms with van der Waals surface area (Å²) in [6.45, 7) is 2.64. The Bertz CT molecular complexity index is 593. The third-order valence-electron chi connectivity index (χ3n) is 3.27. The number of rotatable bonds is 7. The van der Waals surface area contributed by atoms with Gasteiger partial charge in [-0.3, -0.25) is 4.79 Å². The number of aryl methyl sites for hydroxylation is 1. The van der Waals surface area contributed by atoms with Crippen LogP contribution in [0.1, 0.15) is 17.5 Å². The Labute approximate surface area is 136 Å². The van der Waals surface area contributed by atoms with E-state index in [1.54, 1.807) is 18.9 Å². The number of nitrogens with one attached hydrogen (secondary N) is 1. The molecule has 0 unspecified atom stereocenters. The maximum atomic E-state index is 11.8. The third-order valence-corrected chi connectivity index (χ3v) is 4.28. The fraction of sp³-hybridized carbons (Fsp3) is 0.278. The van der Waals surface area contributed by atoms with Gasteiger partial charge in [0, 0.05) is 23.6 Å². The SMILES string of the molecule is COc1ccc(SCCC(=O)NCc2ccc(C)cc2)cc1. The highest BCUT2D eigenvalue weighted by atomic mass is 32.2. The van der Waals surface area contributed by atoms with Crippen molar-refractivity contribution in [2.24, 2.45) is 0 Å². The predicted octanol–water partition coefficient (Wildman–Crippen LogP) is 3.80. The average molecular weight is 315 g/mol. The fourth-order valence-electron chi connectivity index (χ4n) is 1.93. The van der Waals surface area contributed by atoms with Crippen molar-refractivity contribution < 1.29 is 9.53 Å². The van der Waals surface area contributed by atoms with Crippen LogP contribution >= 0.6 is 11.8 Å². The van der Waals surface area contributed by atoms with Crippen molar-refractivity contribution in [3.8, 4) is 5.75 Å². The molecule has 0 aliphatic heterocycles.